The molecule has 6 heteroatoms. The van der Waals surface area contributed by atoms with Gasteiger partial charge in [0, 0.05) is 41.0 Å². The predicted octanol–water partition coefficient (Wildman–Crippen LogP) is 1.13. The van der Waals surface area contributed by atoms with Crippen molar-refractivity contribution >= 4 is 16.8 Å². The van der Waals surface area contributed by atoms with E-state index in [9.17, 15) is 4.21 Å². The van der Waals surface area contributed by atoms with Crippen molar-refractivity contribution in [3.63, 3.8) is 0 Å². The Hall–Kier alpha value is -0.620. The summed E-state index contributed by atoms with van der Waals surface area (Å²) in [6.45, 7) is 13.4. The molecule has 0 aromatic carbocycles. The first kappa shape index (κ1) is 18.4. The Balaban J connectivity index is 4.04. The van der Waals surface area contributed by atoms with Gasteiger partial charge in [-0.05, 0) is 34.6 Å². The van der Waals surface area contributed by atoms with Crippen molar-refractivity contribution in [2.24, 2.45) is 4.99 Å². The van der Waals surface area contributed by atoms with Gasteiger partial charge in [0.25, 0.3) is 0 Å². The Kier molecular flexibility index (Phi) is 9.87. The highest BCUT2D eigenvalue weighted by molar-refractivity contribution is 7.86. The molecule has 0 aliphatic carbocycles. The number of hydrogen-bond acceptors (Lipinski definition) is 3. The van der Waals surface area contributed by atoms with E-state index in [1.54, 1.807) is 0 Å². The molecule has 0 bridgehead atoms. The van der Waals surface area contributed by atoms with Gasteiger partial charge in [0.05, 0.1) is 13.2 Å². The number of ether oxygens (including phenoxy) is 1. The standard InChI is InChI=1S/C13H29N3O2S/c1-6-14-12(15-8-10-18-7-2)16-9-11-19(17)13(3,4)5/h6-11H2,1-5H3,(H2,14,15,16). The van der Waals surface area contributed by atoms with E-state index in [1.165, 1.54) is 0 Å². The average Bonchev–Trinajstić information content (AvgIpc) is 2.33. The summed E-state index contributed by atoms with van der Waals surface area (Å²) >= 11 is 0. The SMILES string of the molecule is CCNC(=NCCOCC)NCCS(=O)C(C)(C)C. The molecule has 0 fully saturated rings. The lowest BCUT2D eigenvalue weighted by molar-refractivity contribution is 0.155. The minimum Gasteiger partial charge on any atom is -0.380 e. The maximum atomic E-state index is 11.9. The lowest BCUT2D eigenvalue weighted by Gasteiger charge is -2.18. The molecule has 0 saturated heterocycles. The summed E-state index contributed by atoms with van der Waals surface area (Å²) in [5.41, 5.74) is 0. The minimum atomic E-state index is -0.836. The molecule has 0 aromatic heterocycles. The normalized spacial score (nSPS) is 14.3. The van der Waals surface area contributed by atoms with Gasteiger partial charge in [-0.3, -0.25) is 9.20 Å². The summed E-state index contributed by atoms with van der Waals surface area (Å²) in [5.74, 6) is 1.38. The molecule has 5 nitrogen and oxygen atoms in total. The fourth-order valence-electron chi connectivity index (χ4n) is 1.28. The van der Waals surface area contributed by atoms with Crippen LogP contribution in [0.3, 0.4) is 0 Å². The van der Waals surface area contributed by atoms with Gasteiger partial charge in [0.2, 0.25) is 0 Å². The lowest BCUT2D eigenvalue weighted by atomic mass is 10.3. The molecule has 0 spiro atoms. The van der Waals surface area contributed by atoms with Crippen LogP contribution >= 0.6 is 0 Å². The van der Waals surface area contributed by atoms with Crippen molar-refractivity contribution in [3.05, 3.63) is 0 Å². The summed E-state index contributed by atoms with van der Waals surface area (Å²) in [7, 11) is -0.836. The van der Waals surface area contributed by atoms with Gasteiger partial charge >= 0.3 is 0 Å². The van der Waals surface area contributed by atoms with E-state index in [-0.39, 0.29) is 4.75 Å². The zero-order chi connectivity index (χ0) is 14.7. The first-order valence-electron chi connectivity index (χ1n) is 6.90. The second-order valence-electron chi connectivity index (χ2n) is 5.05. The van der Waals surface area contributed by atoms with E-state index in [2.05, 4.69) is 15.6 Å². The fraction of sp³-hybridized carbons (Fsp3) is 0.923. The van der Waals surface area contributed by atoms with Crippen LogP contribution in [0.5, 0.6) is 0 Å². The van der Waals surface area contributed by atoms with E-state index >= 15 is 0 Å². The fourth-order valence-corrected chi connectivity index (χ4v) is 2.18. The zero-order valence-electron chi connectivity index (χ0n) is 12.9. The molecule has 0 amide bonds. The molecule has 19 heavy (non-hydrogen) atoms. The molecule has 0 radical (unpaired) electrons. The van der Waals surface area contributed by atoms with Crippen molar-refractivity contribution in [2.45, 2.75) is 39.4 Å². The van der Waals surface area contributed by atoms with Gasteiger partial charge < -0.3 is 15.4 Å². The van der Waals surface area contributed by atoms with Crippen LogP contribution in [0.4, 0.5) is 0 Å². The Morgan fingerprint density at radius 1 is 1.26 bits per heavy atom. The van der Waals surface area contributed by atoms with Gasteiger partial charge in [-0.2, -0.15) is 0 Å². The Morgan fingerprint density at radius 2 is 1.95 bits per heavy atom. The van der Waals surface area contributed by atoms with Crippen LogP contribution in [-0.4, -0.2) is 53.5 Å². The molecule has 0 aromatic rings. The number of nitrogens with one attached hydrogen (secondary N) is 2. The number of rotatable bonds is 8. The molecular formula is C13H29N3O2S. The Labute approximate surface area is 120 Å². The third-order valence-electron chi connectivity index (χ3n) is 2.32. The highest BCUT2D eigenvalue weighted by Crippen LogP contribution is 2.10. The maximum absolute atomic E-state index is 11.9. The maximum Gasteiger partial charge on any atom is 0.191 e. The first-order valence-corrected chi connectivity index (χ1v) is 8.22. The highest BCUT2D eigenvalue weighted by atomic mass is 32.2. The van der Waals surface area contributed by atoms with Crippen LogP contribution < -0.4 is 10.6 Å². The van der Waals surface area contributed by atoms with Gasteiger partial charge in [-0.25, -0.2) is 0 Å². The Morgan fingerprint density at radius 3 is 2.47 bits per heavy atom. The van der Waals surface area contributed by atoms with Gasteiger partial charge in [0.1, 0.15) is 0 Å². The average molecular weight is 291 g/mol. The number of aliphatic imine (C=N–C) groups is 1. The minimum absolute atomic E-state index is 0.161. The lowest BCUT2D eigenvalue weighted by Crippen LogP contribution is -2.40. The molecule has 114 valence electrons. The van der Waals surface area contributed by atoms with Crippen molar-refractivity contribution in [1.82, 2.24) is 10.6 Å². The second-order valence-corrected chi connectivity index (χ2v) is 7.37. The summed E-state index contributed by atoms with van der Waals surface area (Å²) < 4.78 is 17.0. The summed E-state index contributed by atoms with van der Waals surface area (Å²) in [6.07, 6.45) is 0. The van der Waals surface area contributed by atoms with Crippen LogP contribution in [0.25, 0.3) is 0 Å². The highest BCUT2D eigenvalue weighted by Gasteiger charge is 2.18. The van der Waals surface area contributed by atoms with Gasteiger partial charge in [-0.1, -0.05) is 0 Å². The third-order valence-corrected chi connectivity index (χ3v) is 4.26. The summed E-state index contributed by atoms with van der Waals surface area (Å²) in [4.78, 5) is 4.38. The molecule has 1 unspecified atom stereocenters. The molecule has 0 rings (SSSR count). The molecule has 0 heterocycles. The van der Waals surface area contributed by atoms with E-state index < -0.39 is 10.8 Å². The van der Waals surface area contributed by atoms with Crippen LogP contribution in [0.1, 0.15) is 34.6 Å². The third kappa shape index (κ3) is 9.90. The van der Waals surface area contributed by atoms with Crippen LogP contribution in [0.15, 0.2) is 4.99 Å². The van der Waals surface area contributed by atoms with E-state index in [4.69, 9.17) is 4.74 Å². The smallest absolute Gasteiger partial charge is 0.191 e. The van der Waals surface area contributed by atoms with E-state index in [0.717, 1.165) is 12.5 Å². The van der Waals surface area contributed by atoms with Gasteiger partial charge in [-0.15, -0.1) is 0 Å². The molecule has 2 N–H and O–H groups in total. The number of guanidine groups is 1. The Bertz CT molecular complexity index is 288. The zero-order valence-corrected chi connectivity index (χ0v) is 13.7. The second kappa shape index (κ2) is 10.2. The molecular weight excluding hydrogens is 262 g/mol. The predicted molar refractivity (Wildman–Crippen MR) is 83.2 cm³/mol. The number of hydrogen-bond donors (Lipinski definition) is 2. The van der Waals surface area contributed by atoms with Crippen molar-refractivity contribution in [3.8, 4) is 0 Å². The topological polar surface area (TPSA) is 62.7 Å². The summed E-state index contributed by atoms with van der Waals surface area (Å²) in [6, 6.07) is 0. The quantitative estimate of drug-likeness (QED) is 0.400. The van der Waals surface area contributed by atoms with Crippen molar-refractivity contribution in [2.75, 3.05) is 38.6 Å². The molecule has 1 atom stereocenters. The molecule has 0 saturated carbocycles. The molecule has 0 aliphatic heterocycles. The van der Waals surface area contributed by atoms with Gasteiger partial charge in [0.15, 0.2) is 5.96 Å². The largest absolute Gasteiger partial charge is 0.380 e. The van der Waals surface area contributed by atoms with E-state index in [1.807, 2.05) is 34.6 Å². The number of nitrogens with zero attached hydrogens (tertiary/aromatic N) is 1. The van der Waals surface area contributed by atoms with Crippen LogP contribution in [-0.2, 0) is 15.5 Å². The van der Waals surface area contributed by atoms with Crippen molar-refractivity contribution < 1.29 is 8.95 Å². The van der Waals surface area contributed by atoms with E-state index in [0.29, 0.717) is 32.1 Å². The summed E-state index contributed by atoms with van der Waals surface area (Å²) in [5, 5.41) is 6.35. The van der Waals surface area contributed by atoms with Crippen LogP contribution in [0.2, 0.25) is 0 Å². The monoisotopic (exact) mass is 291 g/mol. The first-order chi connectivity index (χ1) is 8.91. The van der Waals surface area contributed by atoms with Crippen molar-refractivity contribution in [1.29, 1.82) is 0 Å². The van der Waals surface area contributed by atoms with Crippen LogP contribution in [0, 0.1) is 0 Å². The molecule has 0 aliphatic rings.